The summed E-state index contributed by atoms with van der Waals surface area (Å²) < 4.78 is 47.4. The van der Waals surface area contributed by atoms with Gasteiger partial charge < -0.3 is 5.32 Å². The van der Waals surface area contributed by atoms with Gasteiger partial charge in [-0.3, -0.25) is 0 Å². The van der Waals surface area contributed by atoms with E-state index in [4.69, 9.17) is 0 Å². The summed E-state index contributed by atoms with van der Waals surface area (Å²) in [6.45, 7) is 1.30. The van der Waals surface area contributed by atoms with Gasteiger partial charge in [0.15, 0.2) is 19.7 Å². The lowest BCUT2D eigenvalue weighted by Crippen LogP contribution is -2.38. The maximum Gasteiger partial charge on any atom is 0.182 e. The van der Waals surface area contributed by atoms with Gasteiger partial charge >= 0.3 is 0 Å². The smallest absolute Gasteiger partial charge is 0.182 e. The Morgan fingerprint density at radius 1 is 1.05 bits per heavy atom. The molecule has 5 nitrogen and oxygen atoms in total. The highest BCUT2D eigenvalue weighted by Crippen LogP contribution is 2.22. The Hall–Kier alpha value is -0.920. The fourth-order valence-electron chi connectivity index (χ4n) is 2.15. The highest BCUT2D eigenvalue weighted by Gasteiger charge is 2.28. The number of hydrogen-bond donors (Lipinski definition) is 1. The van der Waals surface area contributed by atoms with E-state index in [-0.39, 0.29) is 9.79 Å². The van der Waals surface area contributed by atoms with Gasteiger partial charge in [-0.05, 0) is 43.7 Å². The Morgan fingerprint density at radius 2 is 1.63 bits per heavy atom. The average Bonchev–Trinajstić information content (AvgIpc) is 2.39. The Kier molecular flexibility index (Phi) is 3.98. The van der Waals surface area contributed by atoms with Crippen LogP contribution in [0.2, 0.25) is 0 Å². The van der Waals surface area contributed by atoms with Crippen LogP contribution in [0.5, 0.6) is 0 Å². The third kappa shape index (κ3) is 3.16. The first kappa shape index (κ1) is 14.5. The van der Waals surface area contributed by atoms with Gasteiger partial charge in [-0.2, -0.15) is 0 Å². The van der Waals surface area contributed by atoms with Gasteiger partial charge in [0.05, 0.1) is 15.0 Å². The first-order valence-corrected chi connectivity index (χ1v) is 9.50. The molecule has 1 aliphatic heterocycles. The lowest BCUT2D eigenvalue weighted by Gasteiger charge is -2.22. The molecule has 0 radical (unpaired) electrons. The maximum absolute atomic E-state index is 12.4. The fraction of sp³-hybridized carbons (Fsp3) is 0.500. The quantitative estimate of drug-likeness (QED) is 0.885. The third-order valence-electron chi connectivity index (χ3n) is 3.27. The summed E-state index contributed by atoms with van der Waals surface area (Å²) in [4.78, 5) is 0.321. The molecule has 106 valence electrons. The molecule has 0 saturated carbocycles. The largest absolute Gasteiger partial charge is 0.315 e. The molecule has 7 heteroatoms. The van der Waals surface area contributed by atoms with Crippen LogP contribution in [0.25, 0.3) is 0 Å². The molecule has 1 N–H and O–H groups in total. The predicted molar refractivity (Wildman–Crippen MR) is 72.6 cm³/mol. The molecule has 1 aliphatic rings. The van der Waals surface area contributed by atoms with Crippen molar-refractivity contribution in [3.05, 3.63) is 24.3 Å². The van der Waals surface area contributed by atoms with E-state index in [2.05, 4.69) is 5.32 Å². The maximum atomic E-state index is 12.4. The van der Waals surface area contributed by atoms with Gasteiger partial charge in [0.25, 0.3) is 0 Å². The van der Waals surface area contributed by atoms with Crippen LogP contribution in [-0.4, -0.2) is 41.4 Å². The zero-order valence-corrected chi connectivity index (χ0v) is 12.3. The lowest BCUT2D eigenvalue weighted by atomic mass is 10.2. The molecule has 19 heavy (non-hydrogen) atoms. The topological polar surface area (TPSA) is 80.3 Å². The minimum Gasteiger partial charge on any atom is -0.315 e. The molecule has 1 unspecified atom stereocenters. The Balaban J connectivity index is 2.31. The first-order chi connectivity index (χ1) is 8.82. The van der Waals surface area contributed by atoms with Gasteiger partial charge in [-0.25, -0.2) is 16.8 Å². The van der Waals surface area contributed by atoms with Crippen molar-refractivity contribution in [1.29, 1.82) is 0 Å². The van der Waals surface area contributed by atoms with E-state index in [1.165, 1.54) is 24.3 Å². The van der Waals surface area contributed by atoms with E-state index in [9.17, 15) is 16.8 Å². The number of hydrogen-bond acceptors (Lipinski definition) is 5. The molecule has 1 fully saturated rings. The SMILES string of the molecule is CS(=O)(=O)c1ccc(S(=O)(=O)C2CCCNC2)cc1. The number of benzene rings is 1. The molecule has 1 aromatic rings. The van der Waals surface area contributed by atoms with E-state index in [0.29, 0.717) is 13.0 Å². The van der Waals surface area contributed by atoms with Gasteiger partial charge in [0.2, 0.25) is 0 Å². The standard InChI is InChI=1S/C12H17NO4S2/c1-18(14,15)10-4-6-11(7-5-10)19(16,17)12-3-2-8-13-9-12/h4-7,12-13H,2-3,8-9H2,1H3. The van der Waals surface area contributed by atoms with E-state index in [0.717, 1.165) is 19.2 Å². The van der Waals surface area contributed by atoms with Crippen LogP contribution in [0.4, 0.5) is 0 Å². The van der Waals surface area contributed by atoms with Crippen LogP contribution >= 0.6 is 0 Å². The summed E-state index contributed by atoms with van der Waals surface area (Å²) in [7, 11) is -6.68. The molecule has 0 spiro atoms. The highest BCUT2D eigenvalue weighted by molar-refractivity contribution is 7.92. The van der Waals surface area contributed by atoms with Crippen LogP contribution in [0, 0.1) is 0 Å². The fourth-order valence-corrected chi connectivity index (χ4v) is 4.50. The molecule has 1 atom stereocenters. The molecule has 0 aromatic heterocycles. The van der Waals surface area contributed by atoms with E-state index in [1.54, 1.807) is 0 Å². The van der Waals surface area contributed by atoms with Crippen molar-refractivity contribution in [2.75, 3.05) is 19.3 Å². The Morgan fingerprint density at radius 3 is 2.11 bits per heavy atom. The summed E-state index contributed by atoms with van der Waals surface area (Å²) in [6, 6.07) is 5.44. The van der Waals surface area contributed by atoms with Crippen molar-refractivity contribution >= 4 is 19.7 Å². The molecular formula is C12H17NO4S2. The summed E-state index contributed by atoms with van der Waals surface area (Å²) in [5.74, 6) is 0. The molecular weight excluding hydrogens is 286 g/mol. The number of piperidine rings is 1. The molecule has 2 rings (SSSR count). The van der Waals surface area contributed by atoms with Gasteiger partial charge in [0, 0.05) is 12.8 Å². The Bertz CT molecular complexity index is 641. The summed E-state index contributed by atoms with van der Waals surface area (Å²) in [5, 5.41) is 2.65. The zero-order valence-electron chi connectivity index (χ0n) is 10.7. The summed E-state index contributed by atoms with van der Waals surface area (Å²) in [6.07, 6.45) is 2.58. The van der Waals surface area contributed by atoms with Crippen molar-refractivity contribution in [2.24, 2.45) is 0 Å². The van der Waals surface area contributed by atoms with Gasteiger partial charge in [0.1, 0.15) is 0 Å². The van der Waals surface area contributed by atoms with E-state index >= 15 is 0 Å². The Labute approximate surface area is 113 Å². The molecule has 1 saturated heterocycles. The lowest BCUT2D eigenvalue weighted by molar-refractivity contribution is 0.497. The molecule has 1 aromatic carbocycles. The highest BCUT2D eigenvalue weighted by atomic mass is 32.2. The van der Waals surface area contributed by atoms with E-state index < -0.39 is 24.9 Å². The minimum atomic E-state index is -3.38. The predicted octanol–water partition coefficient (Wildman–Crippen LogP) is 0.616. The van der Waals surface area contributed by atoms with E-state index in [1.807, 2.05) is 0 Å². The van der Waals surface area contributed by atoms with Crippen molar-refractivity contribution in [3.63, 3.8) is 0 Å². The van der Waals surface area contributed by atoms with Crippen molar-refractivity contribution < 1.29 is 16.8 Å². The minimum absolute atomic E-state index is 0.133. The van der Waals surface area contributed by atoms with Crippen LogP contribution in [0.3, 0.4) is 0 Å². The zero-order chi connectivity index (χ0) is 14.1. The first-order valence-electron chi connectivity index (χ1n) is 6.06. The second-order valence-corrected chi connectivity index (χ2v) is 9.00. The van der Waals surface area contributed by atoms with Crippen LogP contribution in [-0.2, 0) is 19.7 Å². The number of sulfone groups is 2. The van der Waals surface area contributed by atoms with Crippen LogP contribution in [0.15, 0.2) is 34.1 Å². The summed E-state index contributed by atoms with van der Waals surface area (Å²) >= 11 is 0. The normalized spacial score (nSPS) is 21.2. The average molecular weight is 303 g/mol. The molecule has 0 aliphatic carbocycles. The monoisotopic (exact) mass is 303 g/mol. The number of nitrogens with one attached hydrogen (secondary N) is 1. The molecule has 1 heterocycles. The number of rotatable bonds is 3. The van der Waals surface area contributed by atoms with Crippen LogP contribution in [0.1, 0.15) is 12.8 Å². The molecule has 0 bridgehead atoms. The van der Waals surface area contributed by atoms with Gasteiger partial charge in [-0.1, -0.05) is 0 Å². The van der Waals surface area contributed by atoms with Gasteiger partial charge in [-0.15, -0.1) is 0 Å². The van der Waals surface area contributed by atoms with Crippen molar-refractivity contribution in [1.82, 2.24) is 5.32 Å². The summed E-state index contributed by atoms with van der Waals surface area (Å²) in [5.41, 5.74) is 0. The molecule has 0 amide bonds. The van der Waals surface area contributed by atoms with Crippen molar-refractivity contribution in [2.45, 2.75) is 27.9 Å². The second kappa shape index (κ2) is 5.22. The van der Waals surface area contributed by atoms with Crippen LogP contribution < -0.4 is 5.32 Å². The third-order valence-corrected chi connectivity index (χ3v) is 6.61. The second-order valence-electron chi connectivity index (χ2n) is 4.76. The van der Waals surface area contributed by atoms with Crippen molar-refractivity contribution in [3.8, 4) is 0 Å².